The number of allylic oxidation sites excluding steroid dienone is 1. The van der Waals surface area contributed by atoms with Gasteiger partial charge in [0, 0.05) is 25.4 Å². The average molecular weight is 332 g/mol. The van der Waals surface area contributed by atoms with Gasteiger partial charge in [0.2, 0.25) is 5.91 Å². The molecule has 1 aliphatic rings. The molecule has 132 valence electrons. The lowest BCUT2D eigenvalue weighted by molar-refractivity contribution is -0.119. The molecular formula is C19H28N2O3. The fourth-order valence-electron chi connectivity index (χ4n) is 2.68. The third-order valence-electron chi connectivity index (χ3n) is 4.00. The minimum Gasteiger partial charge on any atom is -0.491 e. The third-order valence-corrected chi connectivity index (χ3v) is 4.00. The smallest absolute Gasteiger partial charge is 0.239 e. The van der Waals surface area contributed by atoms with Gasteiger partial charge < -0.3 is 20.1 Å². The van der Waals surface area contributed by atoms with Crippen molar-refractivity contribution in [1.29, 1.82) is 0 Å². The highest BCUT2D eigenvalue weighted by atomic mass is 16.5. The van der Waals surface area contributed by atoms with Crippen LogP contribution in [0.5, 0.6) is 5.75 Å². The summed E-state index contributed by atoms with van der Waals surface area (Å²) in [5.41, 5.74) is 2.35. The van der Waals surface area contributed by atoms with E-state index in [1.165, 1.54) is 31.3 Å². The number of rotatable bonds is 10. The highest BCUT2D eigenvalue weighted by Crippen LogP contribution is 2.19. The van der Waals surface area contributed by atoms with Crippen molar-refractivity contribution in [3.8, 4) is 5.75 Å². The van der Waals surface area contributed by atoms with Crippen LogP contribution in [0.15, 0.2) is 35.9 Å². The lowest BCUT2D eigenvalue weighted by Crippen LogP contribution is -2.30. The van der Waals surface area contributed by atoms with Crippen LogP contribution in [0.2, 0.25) is 0 Å². The Morgan fingerprint density at radius 1 is 1.25 bits per heavy atom. The van der Waals surface area contributed by atoms with E-state index in [9.17, 15) is 4.79 Å². The van der Waals surface area contributed by atoms with E-state index in [-0.39, 0.29) is 12.5 Å². The van der Waals surface area contributed by atoms with Crippen LogP contribution in [0.1, 0.15) is 32.1 Å². The van der Waals surface area contributed by atoms with Crippen molar-refractivity contribution >= 4 is 11.6 Å². The Bertz CT molecular complexity index is 543. The van der Waals surface area contributed by atoms with Crippen molar-refractivity contribution in [3.05, 3.63) is 35.9 Å². The maximum atomic E-state index is 11.9. The molecule has 0 bridgehead atoms. The molecule has 0 radical (unpaired) electrons. The van der Waals surface area contributed by atoms with Crippen LogP contribution in [0.25, 0.3) is 0 Å². The molecule has 0 fully saturated rings. The third kappa shape index (κ3) is 7.04. The first-order valence-electron chi connectivity index (χ1n) is 8.68. The Hall–Kier alpha value is -2.01. The molecule has 0 unspecified atom stereocenters. The molecule has 0 atom stereocenters. The number of benzene rings is 1. The van der Waals surface area contributed by atoms with E-state index >= 15 is 0 Å². The van der Waals surface area contributed by atoms with Crippen molar-refractivity contribution in [2.75, 3.05) is 38.7 Å². The van der Waals surface area contributed by atoms with Crippen LogP contribution < -0.4 is 15.4 Å². The SMILES string of the molecule is COCCOc1cccc(NCC(=O)NCCC2=CCCCC2)c1. The van der Waals surface area contributed by atoms with Crippen LogP contribution in [0, 0.1) is 0 Å². The molecular weight excluding hydrogens is 304 g/mol. The molecule has 1 aromatic rings. The van der Waals surface area contributed by atoms with Crippen LogP contribution in [0.3, 0.4) is 0 Å². The average Bonchev–Trinajstić information content (AvgIpc) is 2.62. The largest absolute Gasteiger partial charge is 0.491 e. The van der Waals surface area contributed by atoms with Crippen LogP contribution >= 0.6 is 0 Å². The molecule has 1 amide bonds. The summed E-state index contributed by atoms with van der Waals surface area (Å²) in [4.78, 5) is 11.9. The summed E-state index contributed by atoms with van der Waals surface area (Å²) in [5, 5.41) is 6.09. The van der Waals surface area contributed by atoms with E-state index in [0.29, 0.717) is 19.8 Å². The molecule has 5 heteroatoms. The Morgan fingerprint density at radius 2 is 2.17 bits per heavy atom. The van der Waals surface area contributed by atoms with E-state index in [0.717, 1.165) is 17.9 Å². The second-order valence-corrected chi connectivity index (χ2v) is 5.93. The molecule has 1 aliphatic carbocycles. The minimum atomic E-state index is 0.0112. The number of amides is 1. The summed E-state index contributed by atoms with van der Waals surface area (Å²) in [6.45, 7) is 2.04. The van der Waals surface area contributed by atoms with Gasteiger partial charge in [-0.3, -0.25) is 4.79 Å². The number of methoxy groups -OCH3 is 1. The zero-order valence-electron chi connectivity index (χ0n) is 14.5. The predicted molar refractivity (Wildman–Crippen MR) is 96.5 cm³/mol. The van der Waals surface area contributed by atoms with Gasteiger partial charge in [0.15, 0.2) is 0 Å². The predicted octanol–water partition coefficient (Wildman–Crippen LogP) is 3.13. The van der Waals surface area contributed by atoms with Gasteiger partial charge in [-0.05, 0) is 44.2 Å². The minimum absolute atomic E-state index is 0.0112. The summed E-state index contributed by atoms with van der Waals surface area (Å²) >= 11 is 0. The molecule has 0 saturated carbocycles. The summed E-state index contributed by atoms with van der Waals surface area (Å²) in [6.07, 6.45) is 8.24. The van der Waals surface area contributed by atoms with E-state index in [4.69, 9.17) is 9.47 Å². The van der Waals surface area contributed by atoms with Gasteiger partial charge in [-0.2, -0.15) is 0 Å². The van der Waals surface area contributed by atoms with Crippen molar-refractivity contribution in [2.45, 2.75) is 32.1 Å². The second-order valence-electron chi connectivity index (χ2n) is 5.93. The van der Waals surface area contributed by atoms with E-state index in [1.807, 2.05) is 24.3 Å². The number of anilines is 1. The van der Waals surface area contributed by atoms with Gasteiger partial charge in [0.1, 0.15) is 12.4 Å². The highest BCUT2D eigenvalue weighted by Gasteiger charge is 2.05. The molecule has 2 rings (SSSR count). The number of hydrogen-bond acceptors (Lipinski definition) is 4. The zero-order chi connectivity index (χ0) is 17.0. The maximum Gasteiger partial charge on any atom is 0.239 e. The molecule has 0 aromatic heterocycles. The maximum absolute atomic E-state index is 11.9. The topological polar surface area (TPSA) is 59.6 Å². The number of ether oxygens (including phenoxy) is 2. The van der Waals surface area contributed by atoms with Gasteiger partial charge in [-0.15, -0.1) is 0 Å². The molecule has 5 nitrogen and oxygen atoms in total. The van der Waals surface area contributed by atoms with Crippen molar-refractivity contribution in [2.24, 2.45) is 0 Å². The normalized spacial score (nSPS) is 14.0. The summed E-state index contributed by atoms with van der Waals surface area (Å²) in [5.74, 6) is 0.777. The standard InChI is InChI=1S/C19H28N2O3/c1-23-12-13-24-18-9-5-8-17(14-18)21-15-19(22)20-11-10-16-6-3-2-4-7-16/h5-6,8-9,14,21H,2-4,7,10-13,15H2,1H3,(H,20,22). The zero-order valence-corrected chi connectivity index (χ0v) is 14.5. The van der Waals surface area contributed by atoms with Crippen molar-refractivity contribution in [3.63, 3.8) is 0 Å². The Morgan fingerprint density at radius 3 is 2.96 bits per heavy atom. The molecule has 2 N–H and O–H groups in total. The Balaban J connectivity index is 1.65. The Labute approximate surface area is 144 Å². The van der Waals surface area contributed by atoms with E-state index in [2.05, 4.69) is 16.7 Å². The van der Waals surface area contributed by atoms with E-state index in [1.54, 1.807) is 7.11 Å². The fraction of sp³-hybridized carbons (Fsp3) is 0.526. The monoisotopic (exact) mass is 332 g/mol. The molecule has 0 saturated heterocycles. The first kappa shape index (κ1) is 18.3. The van der Waals surface area contributed by atoms with Gasteiger partial charge in [0.25, 0.3) is 0 Å². The molecule has 0 heterocycles. The molecule has 1 aromatic carbocycles. The molecule has 0 spiro atoms. The Kier molecular flexibility index (Phi) is 8.18. The van der Waals surface area contributed by atoms with Crippen LogP contribution in [0.4, 0.5) is 5.69 Å². The highest BCUT2D eigenvalue weighted by molar-refractivity contribution is 5.80. The van der Waals surface area contributed by atoms with Gasteiger partial charge in [0.05, 0.1) is 13.2 Å². The van der Waals surface area contributed by atoms with Crippen molar-refractivity contribution < 1.29 is 14.3 Å². The summed E-state index contributed by atoms with van der Waals surface area (Å²) < 4.78 is 10.5. The quantitative estimate of drug-likeness (QED) is 0.510. The number of hydrogen-bond donors (Lipinski definition) is 2. The fourth-order valence-corrected chi connectivity index (χ4v) is 2.68. The molecule has 0 aliphatic heterocycles. The van der Waals surface area contributed by atoms with Gasteiger partial charge >= 0.3 is 0 Å². The lowest BCUT2D eigenvalue weighted by atomic mass is 9.97. The lowest BCUT2D eigenvalue weighted by Gasteiger charge is -2.13. The number of carbonyl (C=O) groups is 1. The number of carbonyl (C=O) groups excluding carboxylic acids is 1. The first-order chi connectivity index (χ1) is 11.8. The molecule has 24 heavy (non-hydrogen) atoms. The van der Waals surface area contributed by atoms with Crippen LogP contribution in [-0.2, 0) is 9.53 Å². The summed E-state index contributed by atoms with van der Waals surface area (Å²) in [7, 11) is 1.64. The van der Waals surface area contributed by atoms with Gasteiger partial charge in [-0.1, -0.05) is 17.7 Å². The number of nitrogens with one attached hydrogen (secondary N) is 2. The second kappa shape index (κ2) is 10.7. The summed E-state index contributed by atoms with van der Waals surface area (Å²) in [6, 6.07) is 7.59. The van der Waals surface area contributed by atoms with E-state index < -0.39 is 0 Å². The first-order valence-corrected chi connectivity index (χ1v) is 8.68. The van der Waals surface area contributed by atoms with Crippen LogP contribution in [-0.4, -0.2) is 39.3 Å². The van der Waals surface area contributed by atoms with Gasteiger partial charge in [-0.25, -0.2) is 0 Å². The van der Waals surface area contributed by atoms with Crippen molar-refractivity contribution in [1.82, 2.24) is 5.32 Å².